The van der Waals surface area contributed by atoms with Crippen LogP contribution in [-0.4, -0.2) is 49.5 Å². The van der Waals surface area contributed by atoms with Gasteiger partial charge in [-0.25, -0.2) is 4.79 Å². The Bertz CT molecular complexity index is 1060. The van der Waals surface area contributed by atoms with Crippen LogP contribution in [0.15, 0.2) is 9.29 Å². The number of rotatable bonds is 8. The number of hydrogen-bond acceptors (Lipinski definition) is 5. The van der Waals surface area contributed by atoms with Gasteiger partial charge in [0.15, 0.2) is 0 Å². The number of carbonyl (C=O) groups is 2. The number of carboxylic acid groups (broad SMARTS) is 1. The lowest BCUT2D eigenvalue weighted by Gasteiger charge is -2.18. The van der Waals surface area contributed by atoms with Gasteiger partial charge in [0, 0.05) is 25.5 Å². The number of ether oxygens (including phenoxy) is 1. The molecule has 2 rings (SSSR count). The fourth-order valence-electron chi connectivity index (χ4n) is 3.86. The number of aliphatic carboxylic acids is 1. The zero-order valence-electron chi connectivity index (χ0n) is 19.3. The first-order valence-corrected chi connectivity index (χ1v) is 11.8. The molecule has 0 spiro atoms. The quantitative estimate of drug-likeness (QED) is 0.252. The van der Waals surface area contributed by atoms with Crippen LogP contribution in [0.5, 0.6) is 5.75 Å². The van der Waals surface area contributed by atoms with E-state index < -0.39 is 33.5 Å². The molecule has 0 aromatic heterocycles. The standard InChI is InChI=1S/C21H32N4O6S/c1-11-12(2)18(13(3)15-10-21(5,6)31-17(11)15)32(29,30)25-20(22)23-9-7-8-16(19(27)28)24-14(4)26/h16H,7-10H2,1-6H3,(H,24,26)(H,27,28)(H3,22,23,25). The van der Waals surface area contributed by atoms with Crippen LogP contribution in [0.25, 0.3) is 0 Å². The molecule has 0 saturated carbocycles. The van der Waals surface area contributed by atoms with Crippen LogP contribution in [0.1, 0.15) is 55.9 Å². The number of guanidine groups is 1. The number of sulfonamides is 1. The van der Waals surface area contributed by atoms with Gasteiger partial charge in [-0.1, -0.05) is 0 Å². The van der Waals surface area contributed by atoms with Gasteiger partial charge in [0.1, 0.15) is 17.4 Å². The molecule has 1 unspecified atom stereocenters. The van der Waals surface area contributed by atoms with Crippen molar-refractivity contribution in [3.8, 4) is 5.75 Å². The highest BCUT2D eigenvalue weighted by molar-refractivity contribution is 7.90. The van der Waals surface area contributed by atoms with Gasteiger partial charge in [-0.15, -0.1) is 4.40 Å². The second kappa shape index (κ2) is 9.35. The van der Waals surface area contributed by atoms with E-state index in [2.05, 4.69) is 15.0 Å². The number of hydrogen-bond donors (Lipinski definition) is 4. The van der Waals surface area contributed by atoms with Gasteiger partial charge in [-0.3, -0.25) is 4.79 Å². The molecule has 1 amide bonds. The average molecular weight is 469 g/mol. The van der Waals surface area contributed by atoms with Gasteiger partial charge in [-0.2, -0.15) is 8.42 Å². The Morgan fingerprint density at radius 1 is 1.22 bits per heavy atom. The highest BCUT2D eigenvalue weighted by atomic mass is 32.2. The fourth-order valence-corrected chi connectivity index (χ4v) is 5.33. The lowest BCUT2D eigenvalue weighted by Crippen LogP contribution is -2.40. The second-order valence-corrected chi connectivity index (χ2v) is 10.2. The van der Waals surface area contributed by atoms with Crippen molar-refractivity contribution in [2.45, 2.75) is 77.3 Å². The molecule has 1 aromatic rings. The molecule has 0 aliphatic carbocycles. The smallest absolute Gasteiger partial charge is 0.326 e. The molecule has 178 valence electrons. The lowest BCUT2D eigenvalue weighted by atomic mass is 9.94. The molecule has 10 nitrogen and oxygen atoms in total. The molecule has 5 N–H and O–H groups in total. The third kappa shape index (κ3) is 5.70. The molecule has 11 heteroatoms. The Kier molecular flexibility index (Phi) is 7.44. The summed E-state index contributed by atoms with van der Waals surface area (Å²) >= 11 is 0. The number of nitrogens with zero attached hydrogens (tertiary/aromatic N) is 1. The molecular weight excluding hydrogens is 436 g/mol. The molecular formula is C21H32N4O6S. The van der Waals surface area contributed by atoms with Crippen LogP contribution < -0.4 is 21.1 Å². The fraction of sp³-hybridized carbons (Fsp3) is 0.571. The van der Waals surface area contributed by atoms with Gasteiger partial charge in [0.05, 0.1) is 4.90 Å². The van der Waals surface area contributed by atoms with E-state index >= 15 is 0 Å². The van der Waals surface area contributed by atoms with Gasteiger partial charge in [-0.05, 0) is 64.2 Å². The normalized spacial score (nSPS) is 16.1. The molecule has 1 heterocycles. The number of nitrogens with two attached hydrogens (primary N) is 1. The largest absolute Gasteiger partial charge is 0.487 e. The summed E-state index contributed by atoms with van der Waals surface area (Å²) in [4.78, 5) is 22.3. The molecule has 1 aliphatic heterocycles. The summed E-state index contributed by atoms with van der Waals surface area (Å²) < 4.78 is 35.9. The van der Waals surface area contributed by atoms with Crippen molar-refractivity contribution in [3.63, 3.8) is 0 Å². The number of amides is 1. The first-order chi connectivity index (χ1) is 14.7. The van der Waals surface area contributed by atoms with Gasteiger partial charge in [0.2, 0.25) is 11.9 Å². The minimum absolute atomic E-state index is 0.122. The predicted molar refractivity (Wildman–Crippen MR) is 120 cm³/mol. The Balaban J connectivity index is 2.17. The summed E-state index contributed by atoms with van der Waals surface area (Å²) in [6.45, 7) is 10.6. The maximum Gasteiger partial charge on any atom is 0.326 e. The summed E-state index contributed by atoms with van der Waals surface area (Å²) in [6.07, 6.45) is 1.07. The molecule has 1 atom stereocenters. The molecule has 0 saturated heterocycles. The van der Waals surface area contributed by atoms with Crippen LogP contribution >= 0.6 is 0 Å². The third-order valence-electron chi connectivity index (χ3n) is 5.42. The van der Waals surface area contributed by atoms with E-state index in [1.54, 1.807) is 13.8 Å². The first kappa shape index (κ1) is 25.4. The van der Waals surface area contributed by atoms with Crippen molar-refractivity contribution in [2.24, 2.45) is 10.1 Å². The second-order valence-electron chi connectivity index (χ2n) is 8.66. The van der Waals surface area contributed by atoms with Crippen molar-refractivity contribution in [3.05, 3.63) is 22.3 Å². The number of carbonyl (C=O) groups excluding carboxylic acids is 1. The van der Waals surface area contributed by atoms with Crippen LogP contribution in [-0.2, 0) is 26.0 Å². The number of fused-ring (bicyclic) bond motifs is 1. The maximum absolute atomic E-state index is 13.1. The molecule has 1 aromatic carbocycles. The summed E-state index contributed by atoms with van der Waals surface area (Å²) in [6, 6.07) is -1.03. The topological polar surface area (TPSA) is 160 Å². The van der Waals surface area contributed by atoms with Crippen molar-refractivity contribution >= 4 is 27.9 Å². The van der Waals surface area contributed by atoms with E-state index in [4.69, 9.17) is 15.6 Å². The van der Waals surface area contributed by atoms with Crippen molar-refractivity contribution in [1.29, 1.82) is 0 Å². The van der Waals surface area contributed by atoms with Crippen molar-refractivity contribution < 1.29 is 27.9 Å². The average Bonchev–Trinajstić information content (AvgIpc) is 2.97. The minimum Gasteiger partial charge on any atom is -0.487 e. The lowest BCUT2D eigenvalue weighted by molar-refractivity contribution is -0.141. The van der Waals surface area contributed by atoms with Crippen LogP contribution in [0.4, 0.5) is 0 Å². The van der Waals surface area contributed by atoms with Gasteiger partial charge >= 0.3 is 5.97 Å². The van der Waals surface area contributed by atoms with Crippen molar-refractivity contribution in [1.82, 2.24) is 10.6 Å². The molecule has 0 fully saturated rings. The van der Waals surface area contributed by atoms with Gasteiger partial charge in [0.25, 0.3) is 10.0 Å². The maximum atomic E-state index is 13.1. The van der Waals surface area contributed by atoms with Crippen LogP contribution in [0.3, 0.4) is 0 Å². The molecule has 0 bridgehead atoms. The van der Waals surface area contributed by atoms with E-state index in [9.17, 15) is 18.0 Å². The zero-order chi connectivity index (χ0) is 24.4. The number of nitrogens with one attached hydrogen (secondary N) is 2. The number of carboxylic acids is 1. The Morgan fingerprint density at radius 3 is 2.41 bits per heavy atom. The van der Waals surface area contributed by atoms with Crippen LogP contribution in [0.2, 0.25) is 0 Å². The summed E-state index contributed by atoms with van der Waals surface area (Å²) in [5.74, 6) is -1.15. The number of benzene rings is 1. The molecule has 0 radical (unpaired) electrons. The SMILES string of the molecule is CC(=O)NC(CCCN/C(N)=N/S(=O)(=O)c1c(C)c(C)c2c(c1C)CC(C)(C)O2)C(=O)O. The predicted octanol–water partition coefficient (Wildman–Crippen LogP) is 1.29. The monoisotopic (exact) mass is 468 g/mol. The van der Waals surface area contributed by atoms with E-state index in [1.807, 2.05) is 20.8 Å². The third-order valence-corrected chi connectivity index (χ3v) is 6.98. The van der Waals surface area contributed by atoms with E-state index in [-0.39, 0.29) is 23.8 Å². The summed E-state index contributed by atoms with van der Waals surface area (Å²) in [5.41, 5.74) is 8.17. The van der Waals surface area contributed by atoms with E-state index in [0.717, 1.165) is 16.9 Å². The summed E-state index contributed by atoms with van der Waals surface area (Å²) in [5, 5.41) is 14.1. The Labute approximate surface area is 188 Å². The minimum atomic E-state index is -4.09. The van der Waals surface area contributed by atoms with Gasteiger partial charge < -0.3 is 26.2 Å². The first-order valence-electron chi connectivity index (χ1n) is 10.3. The zero-order valence-corrected chi connectivity index (χ0v) is 20.1. The Morgan fingerprint density at radius 2 is 1.84 bits per heavy atom. The molecule has 32 heavy (non-hydrogen) atoms. The summed E-state index contributed by atoms with van der Waals surface area (Å²) in [7, 11) is -4.09. The highest BCUT2D eigenvalue weighted by Crippen LogP contribution is 2.44. The van der Waals surface area contributed by atoms with Crippen molar-refractivity contribution in [2.75, 3.05) is 6.54 Å². The molecule has 1 aliphatic rings. The van der Waals surface area contributed by atoms with Crippen LogP contribution in [0, 0.1) is 20.8 Å². The van der Waals surface area contributed by atoms with E-state index in [0.29, 0.717) is 24.0 Å². The Hall–Kier alpha value is -2.82. The van der Waals surface area contributed by atoms with E-state index in [1.165, 1.54) is 6.92 Å². The highest BCUT2D eigenvalue weighted by Gasteiger charge is 2.36.